The van der Waals surface area contributed by atoms with Gasteiger partial charge in [-0.25, -0.2) is 0 Å². The maximum Gasteiger partial charge on any atom is 0.180 e. The third-order valence-corrected chi connectivity index (χ3v) is 6.91. The Balaban J connectivity index is 1.84. The number of Topliss-reactive ketones (excluding diaryl/α,β-unsaturated/α-hetero) is 1. The number of para-hydroxylation sites is 1. The largest absolute Gasteiger partial charge is 0.492 e. The van der Waals surface area contributed by atoms with Gasteiger partial charge in [0, 0.05) is 10.6 Å². The molecule has 5 heteroatoms. The van der Waals surface area contributed by atoms with E-state index < -0.39 is 11.5 Å². The van der Waals surface area contributed by atoms with E-state index in [1.807, 2.05) is 35.7 Å². The van der Waals surface area contributed by atoms with E-state index in [1.54, 1.807) is 29.2 Å². The number of hydrogen-bond donors (Lipinski definition) is 1. The lowest BCUT2D eigenvalue weighted by Gasteiger charge is -2.38. The molecule has 0 saturated carbocycles. The number of fused-ring (bicyclic) bond motifs is 1. The minimum Gasteiger partial charge on any atom is -0.492 e. The first-order valence-corrected chi connectivity index (χ1v) is 8.76. The molecule has 1 spiro atoms. The predicted molar refractivity (Wildman–Crippen MR) is 84.2 cm³/mol. The molecule has 3 nitrogen and oxygen atoms in total. The number of thiophene rings is 1. The zero-order chi connectivity index (χ0) is 14.4. The molecule has 1 aromatic carbocycles. The van der Waals surface area contributed by atoms with Crippen molar-refractivity contribution in [3.63, 3.8) is 0 Å². The number of ether oxygens (including phenoxy) is 1. The summed E-state index contributed by atoms with van der Waals surface area (Å²) in [6.07, 6.45) is -0.671. The van der Waals surface area contributed by atoms with E-state index in [9.17, 15) is 9.90 Å². The van der Waals surface area contributed by atoms with E-state index in [1.165, 1.54) is 0 Å². The van der Waals surface area contributed by atoms with Gasteiger partial charge in [0.2, 0.25) is 0 Å². The van der Waals surface area contributed by atoms with Crippen LogP contribution in [0.15, 0.2) is 41.8 Å². The van der Waals surface area contributed by atoms with Crippen LogP contribution in [0, 0.1) is 5.41 Å². The number of carbonyl (C=O) groups is 1. The first-order chi connectivity index (χ1) is 10.2. The zero-order valence-corrected chi connectivity index (χ0v) is 12.8. The maximum absolute atomic E-state index is 13.1. The summed E-state index contributed by atoms with van der Waals surface area (Å²) in [6, 6.07) is 11.3. The van der Waals surface area contributed by atoms with Crippen LogP contribution in [-0.2, 0) is 0 Å². The number of carbonyl (C=O) groups excluding carboxylic acids is 1. The SMILES string of the molecule is O=C1c2ccccc2OC[C@]12[C@H](O)CS[C@H]2c1cccs1. The normalized spacial score (nSPS) is 31.2. The minimum atomic E-state index is -0.857. The highest BCUT2D eigenvalue weighted by atomic mass is 32.2. The number of ketones is 1. The van der Waals surface area contributed by atoms with Crippen molar-refractivity contribution < 1.29 is 14.6 Å². The first-order valence-electron chi connectivity index (χ1n) is 6.83. The lowest BCUT2D eigenvalue weighted by Crippen LogP contribution is -2.50. The Kier molecular flexibility index (Phi) is 3.10. The second-order valence-corrected chi connectivity index (χ2v) is 7.52. The highest BCUT2D eigenvalue weighted by Gasteiger charge is 2.59. The van der Waals surface area contributed by atoms with Crippen molar-refractivity contribution in [1.29, 1.82) is 0 Å². The molecular weight excluding hydrogens is 304 g/mol. The molecule has 3 heterocycles. The summed E-state index contributed by atoms with van der Waals surface area (Å²) in [7, 11) is 0. The summed E-state index contributed by atoms with van der Waals surface area (Å²) in [5, 5.41) is 12.5. The summed E-state index contributed by atoms with van der Waals surface area (Å²) in [5.74, 6) is 1.21. The number of benzene rings is 1. The van der Waals surface area contributed by atoms with Crippen molar-refractivity contribution in [2.45, 2.75) is 11.4 Å². The van der Waals surface area contributed by atoms with Gasteiger partial charge in [-0.2, -0.15) is 0 Å². The molecule has 2 aromatic rings. The Hall–Kier alpha value is -1.30. The number of aliphatic hydroxyl groups excluding tert-OH is 1. The van der Waals surface area contributed by atoms with E-state index in [0.29, 0.717) is 17.1 Å². The van der Waals surface area contributed by atoms with Crippen LogP contribution in [0.25, 0.3) is 0 Å². The van der Waals surface area contributed by atoms with Gasteiger partial charge in [-0.05, 0) is 23.6 Å². The van der Waals surface area contributed by atoms with E-state index in [0.717, 1.165) is 4.88 Å². The van der Waals surface area contributed by atoms with Crippen LogP contribution >= 0.6 is 23.1 Å². The average molecular weight is 318 g/mol. The Morgan fingerprint density at radius 1 is 1.24 bits per heavy atom. The van der Waals surface area contributed by atoms with Crippen LogP contribution < -0.4 is 4.74 Å². The third kappa shape index (κ3) is 1.81. The van der Waals surface area contributed by atoms with Gasteiger partial charge in [0.1, 0.15) is 17.8 Å². The van der Waals surface area contributed by atoms with Gasteiger partial charge < -0.3 is 9.84 Å². The van der Waals surface area contributed by atoms with Crippen molar-refractivity contribution in [2.75, 3.05) is 12.4 Å². The molecule has 21 heavy (non-hydrogen) atoms. The van der Waals surface area contributed by atoms with Crippen LogP contribution in [0.5, 0.6) is 5.75 Å². The second-order valence-electron chi connectivity index (χ2n) is 5.40. The minimum absolute atomic E-state index is 0.0141. The van der Waals surface area contributed by atoms with Crippen LogP contribution in [0.1, 0.15) is 20.5 Å². The fourth-order valence-corrected chi connectivity index (χ4v) is 5.89. The zero-order valence-electron chi connectivity index (χ0n) is 11.2. The van der Waals surface area contributed by atoms with E-state index in [2.05, 4.69) is 0 Å². The van der Waals surface area contributed by atoms with Crippen molar-refractivity contribution in [3.05, 3.63) is 52.2 Å². The van der Waals surface area contributed by atoms with Crippen LogP contribution in [-0.4, -0.2) is 29.4 Å². The van der Waals surface area contributed by atoms with Gasteiger partial charge in [0.15, 0.2) is 5.78 Å². The van der Waals surface area contributed by atoms with Crippen LogP contribution in [0.2, 0.25) is 0 Å². The summed E-state index contributed by atoms with van der Waals surface area (Å²) in [5.41, 5.74) is -0.268. The van der Waals surface area contributed by atoms with Gasteiger partial charge in [0.25, 0.3) is 0 Å². The molecule has 1 fully saturated rings. The summed E-state index contributed by atoms with van der Waals surface area (Å²) in [6.45, 7) is 0.250. The van der Waals surface area contributed by atoms with Crippen LogP contribution in [0.3, 0.4) is 0 Å². The topological polar surface area (TPSA) is 46.5 Å². The molecule has 2 aliphatic heterocycles. The summed E-state index contributed by atoms with van der Waals surface area (Å²) < 4.78 is 5.84. The van der Waals surface area contributed by atoms with Crippen molar-refractivity contribution >= 4 is 28.9 Å². The van der Waals surface area contributed by atoms with Gasteiger partial charge >= 0.3 is 0 Å². The van der Waals surface area contributed by atoms with E-state index in [4.69, 9.17) is 4.74 Å². The third-order valence-electron chi connectivity index (χ3n) is 4.31. The molecular formula is C16H14O3S2. The molecule has 2 aliphatic rings. The summed E-state index contributed by atoms with van der Waals surface area (Å²) in [4.78, 5) is 14.2. The molecule has 0 amide bonds. The van der Waals surface area contributed by atoms with Gasteiger partial charge in [-0.15, -0.1) is 23.1 Å². The number of aliphatic hydroxyl groups is 1. The molecule has 1 aromatic heterocycles. The summed E-state index contributed by atoms with van der Waals surface area (Å²) >= 11 is 3.29. The first kappa shape index (κ1) is 13.4. The van der Waals surface area contributed by atoms with Crippen molar-refractivity contribution in [1.82, 2.24) is 0 Å². The molecule has 0 aliphatic carbocycles. The molecule has 3 atom stereocenters. The van der Waals surface area contributed by atoms with Gasteiger partial charge in [0.05, 0.1) is 16.9 Å². The molecule has 1 saturated heterocycles. The molecule has 0 bridgehead atoms. The standard InChI is InChI=1S/C16H14O3S2/c17-13-8-21-15(12-6-3-7-20-12)16(13)9-19-11-5-2-1-4-10(11)14(16)18/h1-7,13,15,17H,8-9H2/t13-,15+,16+/m1/s1. The van der Waals surface area contributed by atoms with Crippen molar-refractivity contribution in [3.8, 4) is 5.75 Å². The highest BCUT2D eigenvalue weighted by molar-refractivity contribution is 8.00. The monoisotopic (exact) mass is 318 g/mol. The van der Waals surface area contributed by atoms with E-state index in [-0.39, 0.29) is 17.6 Å². The Morgan fingerprint density at radius 2 is 2.10 bits per heavy atom. The molecule has 0 unspecified atom stereocenters. The quantitative estimate of drug-likeness (QED) is 0.877. The van der Waals surface area contributed by atoms with E-state index >= 15 is 0 Å². The number of hydrogen-bond acceptors (Lipinski definition) is 5. The van der Waals surface area contributed by atoms with Gasteiger partial charge in [-0.1, -0.05) is 18.2 Å². The maximum atomic E-state index is 13.1. The Morgan fingerprint density at radius 3 is 2.90 bits per heavy atom. The van der Waals surface area contributed by atoms with Crippen molar-refractivity contribution in [2.24, 2.45) is 5.41 Å². The number of rotatable bonds is 1. The smallest absolute Gasteiger partial charge is 0.180 e. The Bertz CT molecular complexity index is 683. The average Bonchev–Trinajstić information content (AvgIpc) is 3.13. The molecule has 0 radical (unpaired) electrons. The molecule has 4 rings (SSSR count). The Labute approximate surface area is 130 Å². The van der Waals surface area contributed by atoms with Gasteiger partial charge in [-0.3, -0.25) is 4.79 Å². The highest BCUT2D eigenvalue weighted by Crippen LogP contribution is 2.57. The van der Waals surface area contributed by atoms with Crippen LogP contribution in [0.4, 0.5) is 0 Å². The second kappa shape index (κ2) is 4.87. The molecule has 1 N–H and O–H groups in total. The molecule has 108 valence electrons. The fraction of sp³-hybridized carbons (Fsp3) is 0.312. The fourth-order valence-electron chi connectivity index (χ4n) is 3.17. The lowest BCUT2D eigenvalue weighted by atomic mass is 9.72. The number of thioether (sulfide) groups is 1. The lowest BCUT2D eigenvalue weighted by molar-refractivity contribution is 0.00959. The predicted octanol–water partition coefficient (Wildman–Crippen LogP) is 3.16.